The maximum Gasteiger partial charge on any atom is 0.0540 e. The fraction of sp³-hybridized carbons (Fsp3) is 1.00. The zero-order valence-corrected chi connectivity index (χ0v) is 20.0. The van der Waals surface area contributed by atoms with Crippen molar-refractivity contribution in [1.29, 1.82) is 0 Å². The van der Waals surface area contributed by atoms with Crippen molar-refractivity contribution in [3.63, 3.8) is 0 Å². The Balaban J connectivity index is 0. The van der Waals surface area contributed by atoms with E-state index in [1.807, 2.05) is 0 Å². The summed E-state index contributed by atoms with van der Waals surface area (Å²) in [4.78, 5) is 0. The first-order chi connectivity index (χ1) is 13.7. The van der Waals surface area contributed by atoms with E-state index in [2.05, 4.69) is 20.8 Å². The van der Waals surface area contributed by atoms with E-state index in [9.17, 15) is 5.11 Å². The van der Waals surface area contributed by atoms with Crippen LogP contribution in [-0.4, -0.2) is 22.9 Å². The predicted molar refractivity (Wildman–Crippen MR) is 127 cm³/mol. The van der Waals surface area contributed by atoms with Crippen molar-refractivity contribution in [1.82, 2.24) is 0 Å². The van der Waals surface area contributed by atoms with E-state index >= 15 is 0 Å². The number of aliphatic hydroxyl groups excluding tert-OH is 2. The minimum absolute atomic E-state index is 0.0261. The molecule has 0 aromatic carbocycles. The van der Waals surface area contributed by atoms with Crippen molar-refractivity contribution in [3.05, 3.63) is 0 Å². The zero-order chi connectivity index (χ0) is 21.1. The standard InChI is InChI=1S/C18H38O.C8H18O/c1-3-5-7-9-11-13-15-17-18(19)16-14-12-10-8-6-4-2;1-2-3-4-5-6-7-8-9/h18-19H,3-17H2,1-2H3;9H,2-8H2,1H3. The van der Waals surface area contributed by atoms with Gasteiger partial charge in [-0.15, -0.1) is 0 Å². The molecule has 0 aliphatic heterocycles. The number of unbranched alkanes of at least 4 members (excludes halogenated alkanes) is 16. The van der Waals surface area contributed by atoms with Gasteiger partial charge in [0.15, 0.2) is 0 Å². The maximum atomic E-state index is 9.89. The minimum Gasteiger partial charge on any atom is -0.396 e. The normalized spacial score (nSPS) is 11.9. The molecule has 0 aromatic rings. The lowest BCUT2D eigenvalue weighted by Crippen LogP contribution is -2.05. The molecule has 0 saturated carbocycles. The van der Waals surface area contributed by atoms with Crippen LogP contribution in [0.1, 0.15) is 156 Å². The van der Waals surface area contributed by atoms with Gasteiger partial charge in [-0.2, -0.15) is 0 Å². The van der Waals surface area contributed by atoms with Gasteiger partial charge in [0.1, 0.15) is 0 Å². The monoisotopic (exact) mass is 400 g/mol. The molecule has 28 heavy (non-hydrogen) atoms. The van der Waals surface area contributed by atoms with Gasteiger partial charge in [0.2, 0.25) is 0 Å². The lowest BCUT2D eigenvalue weighted by atomic mass is 10.0. The van der Waals surface area contributed by atoms with Gasteiger partial charge in [-0.1, -0.05) is 136 Å². The van der Waals surface area contributed by atoms with Crippen LogP contribution in [0.25, 0.3) is 0 Å². The first-order valence-corrected chi connectivity index (χ1v) is 13.0. The Bertz CT molecular complexity index is 237. The van der Waals surface area contributed by atoms with Gasteiger partial charge in [0.25, 0.3) is 0 Å². The van der Waals surface area contributed by atoms with Gasteiger partial charge in [-0.05, 0) is 19.3 Å². The van der Waals surface area contributed by atoms with Crippen LogP contribution in [0.5, 0.6) is 0 Å². The number of hydrogen-bond acceptors (Lipinski definition) is 2. The Labute approximate surface area is 178 Å². The van der Waals surface area contributed by atoms with Crippen LogP contribution in [0.3, 0.4) is 0 Å². The van der Waals surface area contributed by atoms with Gasteiger partial charge in [-0.25, -0.2) is 0 Å². The molecule has 0 bridgehead atoms. The highest BCUT2D eigenvalue weighted by Crippen LogP contribution is 2.14. The Hall–Kier alpha value is -0.0800. The Kier molecular flexibility index (Phi) is 31.3. The SMILES string of the molecule is CCCCCCCCCC(O)CCCCCCCC.CCCCCCCCO. The quantitative estimate of drug-likeness (QED) is 0.189. The summed E-state index contributed by atoms with van der Waals surface area (Å²) in [6, 6.07) is 0. The fourth-order valence-corrected chi connectivity index (χ4v) is 3.53. The van der Waals surface area contributed by atoms with Crippen molar-refractivity contribution in [2.75, 3.05) is 6.61 Å². The summed E-state index contributed by atoms with van der Waals surface area (Å²) < 4.78 is 0. The van der Waals surface area contributed by atoms with E-state index in [1.165, 1.54) is 116 Å². The van der Waals surface area contributed by atoms with Crippen molar-refractivity contribution in [2.24, 2.45) is 0 Å². The van der Waals surface area contributed by atoms with Crippen molar-refractivity contribution < 1.29 is 10.2 Å². The molecule has 1 unspecified atom stereocenters. The van der Waals surface area contributed by atoms with Crippen molar-refractivity contribution in [2.45, 2.75) is 162 Å². The molecule has 0 spiro atoms. The van der Waals surface area contributed by atoms with E-state index in [0.717, 1.165) is 19.3 Å². The lowest BCUT2D eigenvalue weighted by molar-refractivity contribution is 0.147. The molecule has 0 fully saturated rings. The summed E-state index contributed by atoms with van der Waals surface area (Å²) in [5, 5.41) is 18.3. The van der Waals surface area contributed by atoms with E-state index < -0.39 is 0 Å². The molecule has 2 nitrogen and oxygen atoms in total. The van der Waals surface area contributed by atoms with Crippen LogP contribution in [-0.2, 0) is 0 Å². The van der Waals surface area contributed by atoms with Gasteiger partial charge >= 0.3 is 0 Å². The topological polar surface area (TPSA) is 40.5 Å². The average Bonchev–Trinajstić information content (AvgIpc) is 2.70. The van der Waals surface area contributed by atoms with Gasteiger partial charge in [0, 0.05) is 6.61 Å². The van der Waals surface area contributed by atoms with Crippen LogP contribution in [0.4, 0.5) is 0 Å². The second-order valence-corrected chi connectivity index (χ2v) is 8.61. The van der Waals surface area contributed by atoms with Crippen LogP contribution in [0, 0.1) is 0 Å². The van der Waals surface area contributed by atoms with E-state index in [1.54, 1.807) is 0 Å². The third kappa shape index (κ3) is 30.6. The highest BCUT2D eigenvalue weighted by molar-refractivity contribution is 4.57. The molecule has 2 heteroatoms. The highest BCUT2D eigenvalue weighted by Gasteiger charge is 2.03. The molecule has 2 N–H and O–H groups in total. The van der Waals surface area contributed by atoms with Crippen LogP contribution < -0.4 is 0 Å². The summed E-state index contributed by atoms with van der Waals surface area (Å²) in [5.74, 6) is 0. The van der Waals surface area contributed by atoms with E-state index in [4.69, 9.17) is 5.11 Å². The molecular weight excluding hydrogens is 344 g/mol. The molecule has 0 aliphatic rings. The van der Waals surface area contributed by atoms with Crippen LogP contribution in [0.2, 0.25) is 0 Å². The molecule has 0 aromatic heterocycles. The molecule has 0 saturated heterocycles. The summed E-state index contributed by atoms with van der Waals surface area (Å²) in [6.07, 6.45) is 26.9. The Morgan fingerprint density at radius 1 is 0.429 bits per heavy atom. The number of rotatable bonds is 21. The van der Waals surface area contributed by atoms with Gasteiger partial charge < -0.3 is 10.2 Å². The average molecular weight is 401 g/mol. The summed E-state index contributed by atoms with van der Waals surface area (Å²) in [5.41, 5.74) is 0. The zero-order valence-electron chi connectivity index (χ0n) is 20.0. The second kappa shape index (κ2) is 29.1. The van der Waals surface area contributed by atoms with Crippen molar-refractivity contribution >= 4 is 0 Å². The summed E-state index contributed by atoms with van der Waals surface area (Å²) >= 11 is 0. The van der Waals surface area contributed by atoms with E-state index in [-0.39, 0.29) is 6.10 Å². The number of hydrogen-bond donors (Lipinski definition) is 2. The van der Waals surface area contributed by atoms with Crippen molar-refractivity contribution in [3.8, 4) is 0 Å². The first kappa shape index (κ1) is 30.1. The Morgan fingerprint density at radius 3 is 1.04 bits per heavy atom. The third-order valence-corrected chi connectivity index (χ3v) is 5.54. The molecule has 0 rings (SSSR count). The van der Waals surface area contributed by atoms with Crippen LogP contribution >= 0.6 is 0 Å². The number of aliphatic hydroxyl groups is 2. The lowest BCUT2D eigenvalue weighted by Gasteiger charge is -2.10. The predicted octanol–water partition coefficient (Wildman–Crippen LogP) is 8.58. The molecule has 0 amide bonds. The van der Waals surface area contributed by atoms with Crippen LogP contribution in [0.15, 0.2) is 0 Å². The second-order valence-electron chi connectivity index (χ2n) is 8.61. The third-order valence-electron chi connectivity index (χ3n) is 5.54. The molecule has 0 heterocycles. The maximum absolute atomic E-state index is 9.89. The molecule has 0 aliphatic carbocycles. The van der Waals surface area contributed by atoms with E-state index in [0.29, 0.717) is 6.61 Å². The van der Waals surface area contributed by atoms with Gasteiger partial charge in [0.05, 0.1) is 6.10 Å². The Morgan fingerprint density at radius 2 is 0.714 bits per heavy atom. The first-order valence-electron chi connectivity index (χ1n) is 13.0. The molecular formula is C26H56O2. The minimum atomic E-state index is -0.0261. The largest absolute Gasteiger partial charge is 0.396 e. The summed E-state index contributed by atoms with van der Waals surface area (Å²) in [7, 11) is 0. The molecule has 1 atom stereocenters. The molecule has 172 valence electrons. The fourth-order valence-electron chi connectivity index (χ4n) is 3.53. The van der Waals surface area contributed by atoms with Gasteiger partial charge in [-0.3, -0.25) is 0 Å². The highest BCUT2D eigenvalue weighted by atomic mass is 16.3. The molecule has 0 radical (unpaired) electrons. The smallest absolute Gasteiger partial charge is 0.0540 e. The summed E-state index contributed by atoms with van der Waals surface area (Å²) in [6.45, 7) is 7.10.